The molecule has 1 heterocycles. The third kappa shape index (κ3) is 1.83. The molecule has 1 aliphatic rings. The largest absolute Gasteiger partial charge is 0.340 e. The number of benzene rings is 1. The van der Waals surface area contributed by atoms with Gasteiger partial charge in [-0.2, -0.15) is 0 Å². The van der Waals surface area contributed by atoms with Gasteiger partial charge in [-0.15, -0.1) is 0 Å². The number of imidazole rings is 1. The summed E-state index contributed by atoms with van der Waals surface area (Å²) in [6, 6.07) is 4.34. The average molecular weight is 243 g/mol. The number of aromatic amines is 1. The molecule has 0 saturated heterocycles. The molecule has 0 spiro atoms. The summed E-state index contributed by atoms with van der Waals surface area (Å²) < 4.78 is 0. The van der Waals surface area contributed by atoms with Gasteiger partial charge in [0.2, 0.25) is 0 Å². The highest BCUT2D eigenvalue weighted by molar-refractivity contribution is 5.79. The molecule has 1 aliphatic carbocycles. The van der Waals surface area contributed by atoms with E-state index in [1.54, 1.807) is 0 Å². The Morgan fingerprint density at radius 1 is 1.17 bits per heavy atom. The Hall–Kier alpha value is -1.35. The molecule has 0 unspecified atom stereocenters. The molecule has 3 rings (SSSR count). The fourth-order valence-electron chi connectivity index (χ4n) is 3.13. The lowest BCUT2D eigenvalue weighted by atomic mass is 9.82. The van der Waals surface area contributed by atoms with E-state index in [1.165, 1.54) is 30.4 Å². The third-order valence-corrected chi connectivity index (χ3v) is 4.14. The number of nitrogens with two attached hydrogens (primary N) is 1. The summed E-state index contributed by atoms with van der Waals surface area (Å²) in [6.07, 6.45) is 5.82. The first-order valence-electron chi connectivity index (χ1n) is 6.85. The van der Waals surface area contributed by atoms with Crippen molar-refractivity contribution in [2.75, 3.05) is 0 Å². The number of hydrogen-bond donors (Lipinski definition) is 2. The maximum Gasteiger partial charge on any atom is 0.127 e. The zero-order chi connectivity index (χ0) is 12.8. The minimum Gasteiger partial charge on any atom is -0.340 e. The molecule has 96 valence electrons. The normalized spacial score (nSPS) is 19.3. The summed E-state index contributed by atoms with van der Waals surface area (Å²) >= 11 is 0. The number of hydrogen-bond acceptors (Lipinski definition) is 2. The molecule has 1 aromatic heterocycles. The standard InChI is InChI=1S/C15H21N3/c1-10-8-11(2)13-12(9-10)17-14(18-13)15(16)6-4-3-5-7-15/h8-9H,3-7,16H2,1-2H3,(H,17,18). The molecule has 0 radical (unpaired) electrons. The van der Waals surface area contributed by atoms with Crippen molar-refractivity contribution in [3.63, 3.8) is 0 Å². The summed E-state index contributed by atoms with van der Waals surface area (Å²) in [5, 5.41) is 0. The molecule has 1 aromatic carbocycles. The van der Waals surface area contributed by atoms with Gasteiger partial charge in [-0.3, -0.25) is 0 Å². The molecule has 1 saturated carbocycles. The van der Waals surface area contributed by atoms with Crippen molar-refractivity contribution in [2.45, 2.75) is 51.5 Å². The number of rotatable bonds is 1. The molecule has 3 nitrogen and oxygen atoms in total. The van der Waals surface area contributed by atoms with Gasteiger partial charge in [0.05, 0.1) is 16.6 Å². The van der Waals surface area contributed by atoms with E-state index in [2.05, 4.69) is 31.0 Å². The van der Waals surface area contributed by atoms with Crippen LogP contribution < -0.4 is 5.73 Å². The second-order valence-corrected chi connectivity index (χ2v) is 5.78. The van der Waals surface area contributed by atoms with Gasteiger partial charge in [0, 0.05) is 0 Å². The molecule has 0 aliphatic heterocycles. The van der Waals surface area contributed by atoms with Crippen LogP contribution in [0.4, 0.5) is 0 Å². The smallest absolute Gasteiger partial charge is 0.127 e. The van der Waals surface area contributed by atoms with Crippen molar-refractivity contribution < 1.29 is 0 Å². The summed E-state index contributed by atoms with van der Waals surface area (Å²) in [4.78, 5) is 8.22. The molecule has 1 fully saturated rings. The van der Waals surface area contributed by atoms with Crippen LogP contribution in [0, 0.1) is 13.8 Å². The molecule has 0 atom stereocenters. The molecule has 3 heteroatoms. The van der Waals surface area contributed by atoms with E-state index in [0.717, 1.165) is 29.7 Å². The monoisotopic (exact) mass is 243 g/mol. The van der Waals surface area contributed by atoms with Crippen molar-refractivity contribution in [3.05, 3.63) is 29.1 Å². The predicted molar refractivity (Wildman–Crippen MR) is 74.5 cm³/mol. The van der Waals surface area contributed by atoms with Crippen LogP contribution in [-0.4, -0.2) is 9.97 Å². The van der Waals surface area contributed by atoms with Gasteiger partial charge in [0.15, 0.2) is 0 Å². The second-order valence-electron chi connectivity index (χ2n) is 5.78. The minimum absolute atomic E-state index is 0.238. The maximum absolute atomic E-state index is 6.54. The minimum atomic E-state index is -0.238. The Bertz CT molecular complexity index is 577. The van der Waals surface area contributed by atoms with Gasteiger partial charge in [0.25, 0.3) is 0 Å². The Morgan fingerprint density at radius 3 is 2.61 bits per heavy atom. The van der Waals surface area contributed by atoms with Gasteiger partial charge in [-0.1, -0.05) is 25.3 Å². The number of H-pyrrole nitrogens is 1. The van der Waals surface area contributed by atoms with E-state index in [0.29, 0.717) is 0 Å². The molecular weight excluding hydrogens is 222 g/mol. The summed E-state index contributed by atoms with van der Waals surface area (Å²) in [5.41, 5.74) is 11.0. The Kier molecular flexibility index (Phi) is 2.67. The van der Waals surface area contributed by atoms with E-state index in [1.807, 2.05) is 0 Å². The first kappa shape index (κ1) is 11.7. The van der Waals surface area contributed by atoms with Gasteiger partial charge < -0.3 is 10.7 Å². The maximum atomic E-state index is 6.54. The molecule has 3 N–H and O–H groups in total. The lowest BCUT2D eigenvalue weighted by Crippen LogP contribution is -2.39. The zero-order valence-corrected chi connectivity index (χ0v) is 11.2. The lowest BCUT2D eigenvalue weighted by molar-refractivity contribution is 0.289. The fourth-order valence-corrected chi connectivity index (χ4v) is 3.13. The average Bonchev–Trinajstić information content (AvgIpc) is 2.74. The predicted octanol–water partition coefficient (Wildman–Crippen LogP) is 3.30. The van der Waals surface area contributed by atoms with E-state index in [-0.39, 0.29) is 5.54 Å². The highest BCUT2D eigenvalue weighted by atomic mass is 15.0. The first-order chi connectivity index (χ1) is 8.58. The molecule has 0 amide bonds. The number of aromatic nitrogens is 2. The van der Waals surface area contributed by atoms with Crippen LogP contribution in [0.1, 0.15) is 49.1 Å². The number of nitrogens with one attached hydrogen (secondary N) is 1. The van der Waals surface area contributed by atoms with Crippen LogP contribution in [0.3, 0.4) is 0 Å². The SMILES string of the molecule is Cc1cc(C)c2nc(C3(N)CCCCC3)[nH]c2c1. The summed E-state index contributed by atoms with van der Waals surface area (Å²) in [6.45, 7) is 4.23. The fraction of sp³-hybridized carbons (Fsp3) is 0.533. The zero-order valence-electron chi connectivity index (χ0n) is 11.2. The van der Waals surface area contributed by atoms with Crippen molar-refractivity contribution in [2.24, 2.45) is 5.73 Å². The van der Waals surface area contributed by atoms with E-state index < -0.39 is 0 Å². The van der Waals surface area contributed by atoms with Crippen molar-refractivity contribution in [3.8, 4) is 0 Å². The Balaban J connectivity index is 2.10. The van der Waals surface area contributed by atoms with Crippen molar-refractivity contribution in [1.82, 2.24) is 9.97 Å². The topological polar surface area (TPSA) is 54.7 Å². The second kappa shape index (κ2) is 4.09. The molecule has 2 aromatic rings. The summed E-state index contributed by atoms with van der Waals surface area (Å²) in [7, 11) is 0. The van der Waals surface area contributed by atoms with Gasteiger partial charge >= 0.3 is 0 Å². The molecule has 18 heavy (non-hydrogen) atoms. The summed E-state index contributed by atoms with van der Waals surface area (Å²) in [5.74, 6) is 0.978. The van der Waals surface area contributed by atoms with Gasteiger partial charge in [0.1, 0.15) is 5.82 Å². The van der Waals surface area contributed by atoms with Crippen LogP contribution in [0.2, 0.25) is 0 Å². The lowest BCUT2D eigenvalue weighted by Gasteiger charge is -2.31. The highest BCUT2D eigenvalue weighted by Crippen LogP contribution is 2.34. The van der Waals surface area contributed by atoms with E-state index in [4.69, 9.17) is 10.7 Å². The van der Waals surface area contributed by atoms with Crippen molar-refractivity contribution in [1.29, 1.82) is 0 Å². The van der Waals surface area contributed by atoms with Gasteiger partial charge in [-0.25, -0.2) is 4.98 Å². The van der Waals surface area contributed by atoms with E-state index >= 15 is 0 Å². The van der Waals surface area contributed by atoms with Crippen LogP contribution in [0.25, 0.3) is 11.0 Å². The molecular formula is C15H21N3. The number of aryl methyl sites for hydroxylation is 2. The van der Waals surface area contributed by atoms with Crippen molar-refractivity contribution >= 4 is 11.0 Å². The Morgan fingerprint density at radius 2 is 1.89 bits per heavy atom. The number of fused-ring (bicyclic) bond motifs is 1. The highest BCUT2D eigenvalue weighted by Gasteiger charge is 2.32. The van der Waals surface area contributed by atoms with Gasteiger partial charge in [-0.05, 0) is 43.9 Å². The van der Waals surface area contributed by atoms with Crippen LogP contribution in [-0.2, 0) is 5.54 Å². The first-order valence-corrected chi connectivity index (χ1v) is 6.85. The Labute approximate surface area is 108 Å². The van der Waals surface area contributed by atoms with Crippen LogP contribution in [0.15, 0.2) is 12.1 Å². The molecule has 0 bridgehead atoms. The van der Waals surface area contributed by atoms with Crippen LogP contribution in [0.5, 0.6) is 0 Å². The van der Waals surface area contributed by atoms with E-state index in [9.17, 15) is 0 Å². The van der Waals surface area contributed by atoms with Crippen LogP contribution >= 0.6 is 0 Å². The third-order valence-electron chi connectivity index (χ3n) is 4.14. The number of nitrogens with zero attached hydrogens (tertiary/aromatic N) is 1. The quantitative estimate of drug-likeness (QED) is 0.807.